The highest BCUT2D eigenvalue weighted by atomic mass is 35.5. The second-order valence-electron chi connectivity index (χ2n) is 8.22. The van der Waals surface area contributed by atoms with Crippen molar-refractivity contribution in [3.8, 4) is 0 Å². The number of carbonyl (C=O) groups is 1. The Morgan fingerprint density at radius 1 is 1.28 bits per heavy atom. The number of aryl methyl sites for hydroxylation is 1. The summed E-state index contributed by atoms with van der Waals surface area (Å²) in [6, 6.07) is 3.74. The summed E-state index contributed by atoms with van der Waals surface area (Å²) in [7, 11) is 0. The van der Waals surface area contributed by atoms with Crippen molar-refractivity contribution in [2.75, 3.05) is 19.6 Å². The van der Waals surface area contributed by atoms with Gasteiger partial charge in [-0.05, 0) is 57.2 Å². The van der Waals surface area contributed by atoms with Crippen LogP contribution in [0.1, 0.15) is 49.7 Å². The smallest absolute Gasteiger partial charge is 0.222 e. The summed E-state index contributed by atoms with van der Waals surface area (Å²) in [6.07, 6.45) is 6.24. The number of rotatable bonds is 3. The molecule has 0 aromatic heterocycles. The van der Waals surface area contributed by atoms with Gasteiger partial charge in [0.2, 0.25) is 5.91 Å². The van der Waals surface area contributed by atoms with Gasteiger partial charge >= 0.3 is 0 Å². The Morgan fingerprint density at radius 3 is 2.84 bits per heavy atom. The van der Waals surface area contributed by atoms with Gasteiger partial charge in [0.25, 0.3) is 0 Å². The molecule has 2 aliphatic heterocycles. The third kappa shape index (κ3) is 3.43. The summed E-state index contributed by atoms with van der Waals surface area (Å²) in [5, 5.41) is 0.554. The van der Waals surface area contributed by atoms with Crippen LogP contribution in [0.15, 0.2) is 12.1 Å². The minimum absolute atomic E-state index is 0.182. The van der Waals surface area contributed by atoms with Crippen molar-refractivity contribution in [3.63, 3.8) is 0 Å². The van der Waals surface area contributed by atoms with Crippen LogP contribution >= 0.6 is 11.6 Å². The zero-order valence-corrected chi connectivity index (χ0v) is 15.6. The first kappa shape index (κ1) is 17.3. The molecule has 25 heavy (non-hydrogen) atoms. The van der Waals surface area contributed by atoms with E-state index in [0.29, 0.717) is 35.5 Å². The molecule has 1 unspecified atom stereocenters. The van der Waals surface area contributed by atoms with Crippen molar-refractivity contribution in [2.24, 2.45) is 5.41 Å². The molecule has 0 radical (unpaired) electrons. The molecule has 3 aliphatic rings. The van der Waals surface area contributed by atoms with Crippen molar-refractivity contribution >= 4 is 17.5 Å². The minimum Gasteiger partial charge on any atom is -0.339 e. The lowest BCUT2D eigenvalue weighted by Gasteiger charge is -2.48. The average molecular weight is 365 g/mol. The van der Waals surface area contributed by atoms with E-state index >= 15 is 0 Å². The van der Waals surface area contributed by atoms with Gasteiger partial charge in [0.15, 0.2) is 0 Å². The molecule has 1 aliphatic carbocycles. The van der Waals surface area contributed by atoms with E-state index in [1.54, 1.807) is 6.07 Å². The zero-order chi connectivity index (χ0) is 17.6. The first-order valence-electron chi connectivity index (χ1n) is 9.43. The van der Waals surface area contributed by atoms with Crippen LogP contribution in [-0.4, -0.2) is 41.4 Å². The monoisotopic (exact) mass is 364 g/mol. The molecule has 3 fully saturated rings. The molecule has 1 aromatic carbocycles. The van der Waals surface area contributed by atoms with Crippen LogP contribution in [0, 0.1) is 18.2 Å². The van der Waals surface area contributed by atoms with Crippen molar-refractivity contribution in [2.45, 2.75) is 58.0 Å². The second kappa shape index (κ2) is 6.55. The van der Waals surface area contributed by atoms with E-state index in [9.17, 15) is 9.18 Å². The molecule has 2 heterocycles. The van der Waals surface area contributed by atoms with Gasteiger partial charge in [0.1, 0.15) is 5.82 Å². The van der Waals surface area contributed by atoms with Gasteiger partial charge in [-0.1, -0.05) is 17.7 Å². The number of hydrogen-bond donors (Lipinski definition) is 0. The summed E-state index contributed by atoms with van der Waals surface area (Å²) < 4.78 is 14.3. The maximum absolute atomic E-state index is 14.3. The standard InChI is InChI=1S/C20H26ClFN2O/c1-14-3-6-17(22)16(19(14)21)11-23-10-2-8-20(12-23)9-7-18(25)24(13-20)15-4-5-15/h3,6,15H,2,4-5,7-13H2,1H3. The molecule has 0 bridgehead atoms. The first-order valence-corrected chi connectivity index (χ1v) is 9.81. The number of halogens is 2. The number of likely N-dealkylation sites (tertiary alicyclic amines) is 2. The fraction of sp³-hybridized carbons (Fsp3) is 0.650. The van der Waals surface area contributed by atoms with Gasteiger partial charge in [-0.25, -0.2) is 4.39 Å². The molecule has 1 spiro atoms. The molecule has 1 aromatic rings. The highest BCUT2D eigenvalue weighted by Crippen LogP contribution is 2.43. The maximum atomic E-state index is 14.3. The van der Waals surface area contributed by atoms with Gasteiger partial charge in [0, 0.05) is 43.1 Å². The van der Waals surface area contributed by atoms with Crippen LogP contribution in [0.3, 0.4) is 0 Å². The Kier molecular flexibility index (Phi) is 4.53. The lowest BCUT2D eigenvalue weighted by molar-refractivity contribution is -0.140. The van der Waals surface area contributed by atoms with E-state index in [4.69, 9.17) is 11.6 Å². The van der Waals surface area contributed by atoms with Gasteiger partial charge in [0.05, 0.1) is 5.02 Å². The quantitative estimate of drug-likeness (QED) is 0.804. The second-order valence-corrected chi connectivity index (χ2v) is 8.60. The molecule has 136 valence electrons. The van der Waals surface area contributed by atoms with E-state index in [-0.39, 0.29) is 11.2 Å². The van der Waals surface area contributed by atoms with Crippen LogP contribution in [-0.2, 0) is 11.3 Å². The first-order chi connectivity index (χ1) is 12.0. The zero-order valence-electron chi connectivity index (χ0n) is 14.9. The number of nitrogens with zero attached hydrogens (tertiary/aromatic N) is 2. The van der Waals surface area contributed by atoms with Crippen LogP contribution in [0.2, 0.25) is 5.02 Å². The largest absolute Gasteiger partial charge is 0.339 e. The van der Waals surface area contributed by atoms with Crippen molar-refractivity contribution in [1.82, 2.24) is 9.80 Å². The van der Waals surface area contributed by atoms with E-state index < -0.39 is 0 Å². The fourth-order valence-corrected chi connectivity index (χ4v) is 4.84. The van der Waals surface area contributed by atoms with E-state index in [2.05, 4.69) is 9.80 Å². The number of piperidine rings is 2. The molecule has 5 heteroatoms. The van der Waals surface area contributed by atoms with Gasteiger partial charge in [-0.3, -0.25) is 9.69 Å². The summed E-state index contributed by atoms with van der Waals surface area (Å²) in [5.41, 5.74) is 1.72. The number of benzene rings is 1. The van der Waals surface area contributed by atoms with Crippen molar-refractivity contribution in [1.29, 1.82) is 0 Å². The molecular formula is C20H26ClFN2O. The molecule has 1 amide bonds. The van der Waals surface area contributed by atoms with Crippen molar-refractivity contribution in [3.05, 3.63) is 34.1 Å². The van der Waals surface area contributed by atoms with Crippen LogP contribution in [0.25, 0.3) is 0 Å². The maximum Gasteiger partial charge on any atom is 0.222 e. The van der Waals surface area contributed by atoms with Crippen LogP contribution < -0.4 is 0 Å². The van der Waals surface area contributed by atoms with Crippen molar-refractivity contribution < 1.29 is 9.18 Å². The Balaban J connectivity index is 1.50. The molecule has 0 N–H and O–H groups in total. The summed E-state index contributed by atoms with van der Waals surface area (Å²) >= 11 is 6.37. The van der Waals surface area contributed by atoms with E-state index in [0.717, 1.165) is 50.9 Å². The molecule has 1 saturated carbocycles. The van der Waals surface area contributed by atoms with Gasteiger partial charge in [-0.2, -0.15) is 0 Å². The topological polar surface area (TPSA) is 23.6 Å². The molecule has 3 nitrogen and oxygen atoms in total. The highest BCUT2D eigenvalue weighted by molar-refractivity contribution is 6.32. The van der Waals surface area contributed by atoms with Crippen LogP contribution in [0.5, 0.6) is 0 Å². The third-order valence-corrected chi connectivity index (χ3v) is 6.71. The Morgan fingerprint density at radius 2 is 2.08 bits per heavy atom. The predicted octanol–water partition coefficient (Wildman–Crippen LogP) is 4.15. The summed E-state index contributed by atoms with van der Waals surface area (Å²) in [6.45, 7) is 5.28. The Bertz CT molecular complexity index is 691. The number of hydrogen-bond acceptors (Lipinski definition) is 2. The Labute approximate surface area is 154 Å². The summed E-state index contributed by atoms with van der Waals surface area (Å²) in [5.74, 6) is 0.117. The van der Waals surface area contributed by atoms with Gasteiger partial charge in [-0.15, -0.1) is 0 Å². The lowest BCUT2D eigenvalue weighted by Crippen LogP contribution is -2.54. The number of amides is 1. The SMILES string of the molecule is Cc1ccc(F)c(CN2CCCC3(CCC(=O)N(C4CC4)C3)C2)c1Cl. The normalized spacial score (nSPS) is 28.0. The number of carbonyl (C=O) groups excluding carboxylic acids is 1. The molecular weight excluding hydrogens is 339 g/mol. The van der Waals surface area contributed by atoms with E-state index in [1.165, 1.54) is 12.5 Å². The third-order valence-electron chi connectivity index (χ3n) is 6.18. The predicted molar refractivity (Wildman–Crippen MR) is 97.1 cm³/mol. The minimum atomic E-state index is -0.214. The average Bonchev–Trinajstić information content (AvgIpc) is 3.43. The van der Waals surface area contributed by atoms with E-state index in [1.807, 2.05) is 6.92 Å². The lowest BCUT2D eigenvalue weighted by atomic mass is 9.73. The fourth-order valence-electron chi connectivity index (χ4n) is 4.62. The Hall–Kier alpha value is -1.13. The molecule has 4 rings (SSSR count). The summed E-state index contributed by atoms with van der Waals surface area (Å²) in [4.78, 5) is 16.7. The highest BCUT2D eigenvalue weighted by Gasteiger charge is 2.45. The molecule has 1 atom stereocenters. The van der Waals surface area contributed by atoms with Crippen LogP contribution in [0.4, 0.5) is 4.39 Å². The van der Waals surface area contributed by atoms with Gasteiger partial charge < -0.3 is 4.90 Å². The molecule has 2 saturated heterocycles.